The quantitative estimate of drug-likeness (QED) is 0.832. The molecule has 2 rings (SSSR count). The maximum Gasteiger partial charge on any atom is 0.229 e. The molecule has 92 valence electrons. The van der Waals surface area contributed by atoms with Crippen LogP contribution in [0.1, 0.15) is 37.8 Å². The van der Waals surface area contributed by atoms with Crippen LogP contribution in [-0.2, 0) is 15.7 Å². The van der Waals surface area contributed by atoms with Crippen molar-refractivity contribution in [2.75, 3.05) is 7.05 Å². The number of benzene rings is 1. The Morgan fingerprint density at radius 3 is 2.59 bits per heavy atom. The van der Waals surface area contributed by atoms with Crippen molar-refractivity contribution in [3.8, 4) is 0 Å². The van der Waals surface area contributed by atoms with Gasteiger partial charge >= 0.3 is 0 Å². The second-order valence-electron chi connectivity index (χ2n) is 5.44. The fourth-order valence-electron chi connectivity index (χ4n) is 2.08. The van der Waals surface area contributed by atoms with Gasteiger partial charge in [0.25, 0.3) is 0 Å². The first-order chi connectivity index (χ1) is 7.90. The third-order valence-corrected chi connectivity index (χ3v) is 3.74. The van der Waals surface area contributed by atoms with Crippen LogP contribution in [0.5, 0.6) is 0 Å². The van der Waals surface area contributed by atoms with Crippen LogP contribution in [0.3, 0.4) is 0 Å². The maximum absolute atomic E-state index is 11.9. The summed E-state index contributed by atoms with van der Waals surface area (Å²) in [5, 5.41) is 2.71. The van der Waals surface area contributed by atoms with Crippen LogP contribution < -0.4 is 11.1 Å². The molecule has 0 saturated heterocycles. The summed E-state index contributed by atoms with van der Waals surface area (Å²) in [4.78, 5) is 11.9. The molecule has 0 unspecified atom stereocenters. The highest BCUT2D eigenvalue weighted by atomic mass is 16.2. The third-order valence-electron chi connectivity index (χ3n) is 3.74. The average molecular weight is 232 g/mol. The lowest BCUT2D eigenvalue weighted by Gasteiger charge is -2.24. The predicted octanol–water partition coefficient (Wildman–Crippen LogP) is 1.66. The molecule has 0 atom stereocenters. The van der Waals surface area contributed by atoms with Crippen molar-refractivity contribution in [3.05, 3.63) is 35.4 Å². The molecule has 0 bridgehead atoms. The van der Waals surface area contributed by atoms with Crippen molar-refractivity contribution in [2.24, 2.45) is 5.73 Å². The Bertz CT molecular complexity index is 447. The summed E-state index contributed by atoms with van der Waals surface area (Å²) in [5.41, 5.74) is 7.69. The molecule has 1 aromatic rings. The Kier molecular flexibility index (Phi) is 2.74. The Labute approximate surface area is 102 Å². The summed E-state index contributed by atoms with van der Waals surface area (Å²) in [5.74, 6) is 0.0246. The lowest BCUT2D eigenvalue weighted by atomic mass is 9.82. The zero-order chi connectivity index (χ0) is 12.7. The van der Waals surface area contributed by atoms with Crippen LogP contribution in [0.4, 0.5) is 0 Å². The fourth-order valence-corrected chi connectivity index (χ4v) is 2.08. The zero-order valence-corrected chi connectivity index (χ0v) is 10.7. The molecular weight excluding hydrogens is 212 g/mol. The molecule has 17 heavy (non-hydrogen) atoms. The minimum Gasteiger partial charge on any atom is -0.358 e. The van der Waals surface area contributed by atoms with E-state index in [1.54, 1.807) is 7.05 Å². The zero-order valence-electron chi connectivity index (χ0n) is 10.7. The van der Waals surface area contributed by atoms with Crippen molar-refractivity contribution in [3.63, 3.8) is 0 Å². The number of nitrogens with one attached hydrogen (secondary N) is 1. The molecular formula is C14H20N2O. The highest BCUT2D eigenvalue weighted by Crippen LogP contribution is 2.43. The first kappa shape index (κ1) is 12.1. The van der Waals surface area contributed by atoms with Crippen molar-refractivity contribution >= 4 is 5.91 Å². The van der Waals surface area contributed by atoms with Gasteiger partial charge in [0.05, 0.1) is 5.41 Å². The predicted molar refractivity (Wildman–Crippen MR) is 68.6 cm³/mol. The number of hydrogen-bond acceptors (Lipinski definition) is 2. The number of hydrogen-bond donors (Lipinski definition) is 2. The molecule has 1 saturated carbocycles. The standard InChI is InChI=1S/C14H20N2O/c1-13(2,12(17)16-3)10-5-4-6-11(9-10)14(15)7-8-14/h4-6,9H,7-8,15H2,1-3H3,(H,16,17). The first-order valence-electron chi connectivity index (χ1n) is 6.02. The van der Waals surface area contributed by atoms with Crippen LogP contribution in [0.2, 0.25) is 0 Å². The van der Waals surface area contributed by atoms with Crippen LogP contribution >= 0.6 is 0 Å². The Morgan fingerprint density at radius 1 is 1.41 bits per heavy atom. The van der Waals surface area contributed by atoms with Crippen molar-refractivity contribution in [1.82, 2.24) is 5.32 Å². The lowest BCUT2D eigenvalue weighted by Crippen LogP contribution is -2.38. The van der Waals surface area contributed by atoms with Gasteiger partial charge in [-0.2, -0.15) is 0 Å². The van der Waals surface area contributed by atoms with E-state index in [1.807, 2.05) is 26.0 Å². The van der Waals surface area contributed by atoms with E-state index in [-0.39, 0.29) is 11.4 Å². The summed E-state index contributed by atoms with van der Waals surface area (Å²) in [7, 11) is 1.67. The number of nitrogens with two attached hydrogens (primary N) is 1. The van der Waals surface area contributed by atoms with Gasteiger partial charge in [0.15, 0.2) is 0 Å². The molecule has 3 heteroatoms. The Balaban J connectivity index is 2.36. The molecule has 3 N–H and O–H groups in total. The fraction of sp³-hybridized carbons (Fsp3) is 0.500. The molecule has 1 amide bonds. The maximum atomic E-state index is 11.9. The second kappa shape index (κ2) is 3.84. The van der Waals surface area contributed by atoms with Crippen molar-refractivity contribution in [2.45, 2.75) is 37.6 Å². The van der Waals surface area contributed by atoms with Gasteiger partial charge in [0, 0.05) is 12.6 Å². The van der Waals surface area contributed by atoms with Crippen LogP contribution in [0, 0.1) is 0 Å². The number of carbonyl (C=O) groups is 1. The first-order valence-corrected chi connectivity index (χ1v) is 6.02. The summed E-state index contributed by atoms with van der Waals surface area (Å²) in [6.07, 6.45) is 2.08. The van der Waals surface area contributed by atoms with Crippen LogP contribution in [-0.4, -0.2) is 13.0 Å². The average Bonchev–Trinajstić information content (AvgIpc) is 3.08. The minimum atomic E-state index is -0.518. The number of amides is 1. The van der Waals surface area contributed by atoms with E-state index in [1.165, 1.54) is 0 Å². The highest BCUT2D eigenvalue weighted by Gasteiger charge is 2.40. The summed E-state index contributed by atoms with van der Waals surface area (Å²) < 4.78 is 0. The topological polar surface area (TPSA) is 55.1 Å². The third kappa shape index (κ3) is 2.07. The largest absolute Gasteiger partial charge is 0.358 e. The molecule has 1 aromatic carbocycles. The molecule has 0 spiro atoms. The van der Waals surface area contributed by atoms with E-state index < -0.39 is 5.41 Å². The Hall–Kier alpha value is -1.35. The summed E-state index contributed by atoms with van der Waals surface area (Å²) in [6, 6.07) is 8.10. The minimum absolute atomic E-state index is 0.0246. The van der Waals surface area contributed by atoms with Gasteiger partial charge in [-0.25, -0.2) is 0 Å². The van der Waals surface area contributed by atoms with Crippen molar-refractivity contribution < 1.29 is 4.79 Å². The van der Waals surface area contributed by atoms with E-state index in [4.69, 9.17) is 5.73 Å². The van der Waals surface area contributed by atoms with Gasteiger partial charge in [-0.3, -0.25) is 4.79 Å². The van der Waals surface area contributed by atoms with E-state index >= 15 is 0 Å². The molecule has 3 nitrogen and oxygen atoms in total. The highest BCUT2D eigenvalue weighted by molar-refractivity contribution is 5.87. The van der Waals surface area contributed by atoms with Crippen LogP contribution in [0.15, 0.2) is 24.3 Å². The van der Waals surface area contributed by atoms with E-state index in [2.05, 4.69) is 17.4 Å². The number of likely N-dealkylation sites (N-methyl/N-ethyl adjacent to an activating group) is 1. The van der Waals surface area contributed by atoms with Gasteiger partial charge in [0.1, 0.15) is 0 Å². The second-order valence-corrected chi connectivity index (χ2v) is 5.44. The lowest BCUT2D eigenvalue weighted by molar-refractivity contribution is -0.125. The van der Waals surface area contributed by atoms with Crippen LogP contribution in [0.25, 0.3) is 0 Å². The van der Waals surface area contributed by atoms with Gasteiger partial charge < -0.3 is 11.1 Å². The molecule has 0 radical (unpaired) electrons. The number of rotatable bonds is 3. The van der Waals surface area contributed by atoms with Crippen molar-refractivity contribution in [1.29, 1.82) is 0 Å². The van der Waals surface area contributed by atoms with Gasteiger partial charge in [-0.1, -0.05) is 24.3 Å². The van der Waals surface area contributed by atoms with Gasteiger partial charge in [0.2, 0.25) is 5.91 Å². The van der Waals surface area contributed by atoms with E-state index in [9.17, 15) is 4.79 Å². The monoisotopic (exact) mass is 232 g/mol. The molecule has 1 fully saturated rings. The van der Waals surface area contributed by atoms with E-state index in [0.29, 0.717) is 0 Å². The molecule has 1 aliphatic carbocycles. The van der Waals surface area contributed by atoms with E-state index in [0.717, 1.165) is 24.0 Å². The normalized spacial score (nSPS) is 17.6. The number of carbonyl (C=O) groups excluding carboxylic acids is 1. The Morgan fingerprint density at radius 2 is 2.06 bits per heavy atom. The molecule has 0 aliphatic heterocycles. The van der Waals surface area contributed by atoms with Gasteiger partial charge in [-0.05, 0) is 37.8 Å². The SMILES string of the molecule is CNC(=O)C(C)(C)c1cccc(C2(N)CC2)c1. The molecule has 1 aliphatic rings. The summed E-state index contributed by atoms with van der Waals surface area (Å²) >= 11 is 0. The van der Waals surface area contributed by atoms with Gasteiger partial charge in [-0.15, -0.1) is 0 Å². The summed E-state index contributed by atoms with van der Waals surface area (Å²) in [6.45, 7) is 3.86. The smallest absolute Gasteiger partial charge is 0.229 e. The molecule has 0 aromatic heterocycles. The molecule has 0 heterocycles.